The summed E-state index contributed by atoms with van der Waals surface area (Å²) >= 11 is 0. The molecule has 19 heavy (non-hydrogen) atoms. The van der Waals surface area contributed by atoms with Crippen LogP contribution in [0.1, 0.15) is 26.3 Å². The number of ether oxygens (including phenoxy) is 1. The normalized spacial score (nSPS) is 14.3. The zero-order valence-electron chi connectivity index (χ0n) is 11.9. The monoisotopic (exact) mass is 282 g/mol. The Morgan fingerprint density at radius 2 is 1.68 bits per heavy atom. The van der Waals surface area contributed by atoms with Gasteiger partial charge >= 0.3 is 8.80 Å². The lowest BCUT2D eigenvalue weighted by atomic mass is 10.2. The molecule has 0 atom stereocenters. The van der Waals surface area contributed by atoms with Gasteiger partial charge in [0.15, 0.2) is 0 Å². The number of hydrogen-bond donors (Lipinski definition) is 0. The Morgan fingerprint density at radius 3 is 2.26 bits per heavy atom. The van der Waals surface area contributed by atoms with Gasteiger partial charge in [-0.3, -0.25) is 0 Å². The highest BCUT2D eigenvalue weighted by molar-refractivity contribution is 6.75. The van der Waals surface area contributed by atoms with Crippen LogP contribution in [0.3, 0.4) is 0 Å². The van der Waals surface area contributed by atoms with Crippen molar-refractivity contribution < 1.29 is 18.0 Å². The van der Waals surface area contributed by atoms with E-state index in [1.165, 1.54) is 5.56 Å². The standard InChI is InChI=1S/C14H22O4Si/c1-4-16-19(17-5-2,18-6-3)13-7-8-14-12(11-13)9-10-15-14/h7-8,11H,4-6,9-10H2,1-3H3. The van der Waals surface area contributed by atoms with Crippen LogP contribution in [-0.4, -0.2) is 35.2 Å². The molecule has 1 heterocycles. The fourth-order valence-electron chi connectivity index (χ4n) is 2.32. The molecule has 0 radical (unpaired) electrons. The van der Waals surface area contributed by atoms with Crippen molar-refractivity contribution in [1.29, 1.82) is 0 Å². The molecule has 0 saturated heterocycles. The van der Waals surface area contributed by atoms with E-state index in [0.29, 0.717) is 19.8 Å². The van der Waals surface area contributed by atoms with E-state index in [-0.39, 0.29) is 0 Å². The summed E-state index contributed by atoms with van der Waals surface area (Å²) in [6.07, 6.45) is 0.942. The molecule has 0 aromatic heterocycles. The molecule has 0 N–H and O–H groups in total. The maximum atomic E-state index is 5.91. The van der Waals surface area contributed by atoms with Crippen LogP contribution in [0, 0.1) is 0 Å². The summed E-state index contributed by atoms with van der Waals surface area (Å²) in [5, 5.41) is 1.03. The van der Waals surface area contributed by atoms with E-state index in [4.69, 9.17) is 18.0 Å². The number of hydrogen-bond acceptors (Lipinski definition) is 4. The summed E-state index contributed by atoms with van der Waals surface area (Å²) in [5.41, 5.74) is 1.22. The lowest BCUT2D eigenvalue weighted by molar-refractivity contribution is 0.0859. The molecular formula is C14H22O4Si. The van der Waals surface area contributed by atoms with Crippen LogP contribution in [-0.2, 0) is 19.7 Å². The van der Waals surface area contributed by atoms with Crippen molar-refractivity contribution in [2.24, 2.45) is 0 Å². The molecule has 4 nitrogen and oxygen atoms in total. The predicted molar refractivity (Wildman–Crippen MR) is 75.9 cm³/mol. The van der Waals surface area contributed by atoms with E-state index >= 15 is 0 Å². The fraction of sp³-hybridized carbons (Fsp3) is 0.571. The van der Waals surface area contributed by atoms with Gasteiger partial charge in [0.2, 0.25) is 0 Å². The molecule has 0 aliphatic carbocycles. The Morgan fingerprint density at radius 1 is 1.05 bits per heavy atom. The molecule has 0 unspecified atom stereocenters. The van der Waals surface area contributed by atoms with Crippen LogP contribution in [0.15, 0.2) is 18.2 Å². The number of benzene rings is 1. The van der Waals surface area contributed by atoms with E-state index in [0.717, 1.165) is 24.0 Å². The summed E-state index contributed by atoms with van der Waals surface area (Å²) in [6.45, 7) is 8.41. The molecule has 5 heteroatoms. The predicted octanol–water partition coefficient (Wildman–Crippen LogP) is 1.88. The van der Waals surface area contributed by atoms with E-state index in [2.05, 4.69) is 6.07 Å². The van der Waals surface area contributed by atoms with Gasteiger partial charge in [-0.1, -0.05) is 6.07 Å². The second-order valence-corrected chi connectivity index (χ2v) is 6.83. The molecule has 0 bridgehead atoms. The Kier molecular flexibility index (Phi) is 4.98. The topological polar surface area (TPSA) is 36.9 Å². The highest BCUT2D eigenvalue weighted by Gasteiger charge is 2.43. The summed E-state index contributed by atoms with van der Waals surface area (Å²) in [6, 6.07) is 6.13. The van der Waals surface area contributed by atoms with Gasteiger partial charge in [0, 0.05) is 31.4 Å². The first-order valence-electron chi connectivity index (χ1n) is 6.93. The highest BCUT2D eigenvalue weighted by Crippen LogP contribution is 2.25. The average Bonchev–Trinajstić information content (AvgIpc) is 2.86. The minimum atomic E-state index is -2.77. The maximum absolute atomic E-state index is 5.91. The average molecular weight is 282 g/mol. The van der Waals surface area contributed by atoms with Crippen LogP contribution in [0.25, 0.3) is 0 Å². The van der Waals surface area contributed by atoms with E-state index in [9.17, 15) is 0 Å². The molecular weight excluding hydrogens is 260 g/mol. The molecule has 1 aliphatic heterocycles. The third-order valence-electron chi connectivity index (χ3n) is 3.05. The van der Waals surface area contributed by atoms with Gasteiger partial charge in [0.05, 0.1) is 6.61 Å². The fourth-order valence-corrected chi connectivity index (χ4v) is 4.85. The molecule has 1 aliphatic rings. The summed E-state index contributed by atoms with van der Waals surface area (Å²) < 4.78 is 23.3. The van der Waals surface area contributed by atoms with Gasteiger partial charge in [-0.25, -0.2) is 0 Å². The van der Waals surface area contributed by atoms with Gasteiger partial charge in [-0.15, -0.1) is 0 Å². The van der Waals surface area contributed by atoms with Crippen LogP contribution < -0.4 is 9.92 Å². The highest BCUT2D eigenvalue weighted by atomic mass is 28.4. The van der Waals surface area contributed by atoms with Crippen molar-refractivity contribution in [2.45, 2.75) is 27.2 Å². The third-order valence-corrected chi connectivity index (χ3v) is 6.07. The molecule has 0 spiro atoms. The first kappa shape index (κ1) is 14.5. The van der Waals surface area contributed by atoms with Gasteiger partial charge in [-0.05, 0) is 38.5 Å². The first-order valence-corrected chi connectivity index (χ1v) is 8.66. The van der Waals surface area contributed by atoms with Crippen molar-refractivity contribution in [3.05, 3.63) is 23.8 Å². The van der Waals surface area contributed by atoms with Crippen molar-refractivity contribution in [1.82, 2.24) is 0 Å². The summed E-state index contributed by atoms with van der Waals surface area (Å²) in [5.74, 6) is 0.969. The zero-order valence-corrected chi connectivity index (χ0v) is 12.9. The molecule has 1 aromatic carbocycles. The van der Waals surface area contributed by atoms with E-state index in [1.54, 1.807) is 0 Å². The Balaban J connectivity index is 2.35. The van der Waals surface area contributed by atoms with Gasteiger partial charge in [0.25, 0.3) is 0 Å². The van der Waals surface area contributed by atoms with Crippen molar-refractivity contribution in [2.75, 3.05) is 26.4 Å². The van der Waals surface area contributed by atoms with Gasteiger partial charge < -0.3 is 18.0 Å². The van der Waals surface area contributed by atoms with E-state index < -0.39 is 8.80 Å². The smallest absolute Gasteiger partial charge is 0.493 e. The van der Waals surface area contributed by atoms with E-state index in [1.807, 2.05) is 32.9 Å². The number of fused-ring (bicyclic) bond motifs is 1. The third kappa shape index (κ3) is 3.00. The second kappa shape index (κ2) is 6.52. The van der Waals surface area contributed by atoms with Crippen LogP contribution in [0.2, 0.25) is 0 Å². The SMILES string of the molecule is CCO[Si](OCC)(OCC)c1ccc2c(c1)CCO2. The quantitative estimate of drug-likeness (QED) is 0.716. The van der Waals surface area contributed by atoms with Crippen molar-refractivity contribution >= 4 is 14.0 Å². The summed E-state index contributed by atoms with van der Waals surface area (Å²) in [4.78, 5) is 0. The summed E-state index contributed by atoms with van der Waals surface area (Å²) in [7, 11) is -2.77. The Labute approximate surface area is 116 Å². The lowest BCUT2D eigenvalue weighted by Crippen LogP contribution is -2.57. The van der Waals surface area contributed by atoms with Crippen LogP contribution in [0.4, 0.5) is 0 Å². The number of rotatable bonds is 7. The van der Waals surface area contributed by atoms with Gasteiger partial charge in [-0.2, -0.15) is 0 Å². The Bertz CT molecular complexity index is 405. The molecule has 0 amide bonds. The molecule has 0 fully saturated rings. The maximum Gasteiger partial charge on any atom is 0.537 e. The minimum absolute atomic E-state index is 0.583. The largest absolute Gasteiger partial charge is 0.537 e. The Hall–Kier alpha value is -0.883. The molecule has 1 aromatic rings. The van der Waals surface area contributed by atoms with Gasteiger partial charge in [0.1, 0.15) is 5.75 Å². The molecule has 106 valence electrons. The van der Waals surface area contributed by atoms with Crippen molar-refractivity contribution in [3.63, 3.8) is 0 Å². The second-order valence-electron chi connectivity index (χ2n) is 4.28. The minimum Gasteiger partial charge on any atom is -0.493 e. The lowest BCUT2D eigenvalue weighted by Gasteiger charge is -2.28. The molecule has 2 rings (SSSR count). The molecule has 0 saturated carbocycles. The first-order chi connectivity index (χ1) is 9.25. The zero-order chi connectivity index (χ0) is 13.7. The van der Waals surface area contributed by atoms with Crippen molar-refractivity contribution in [3.8, 4) is 5.75 Å². The van der Waals surface area contributed by atoms with Crippen LogP contribution in [0.5, 0.6) is 5.75 Å². The van der Waals surface area contributed by atoms with Crippen LogP contribution >= 0.6 is 0 Å².